The van der Waals surface area contributed by atoms with Gasteiger partial charge in [0.2, 0.25) is 0 Å². The van der Waals surface area contributed by atoms with E-state index >= 15 is 0 Å². The van der Waals surface area contributed by atoms with Crippen LogP contribution in [0.1, 0.15) is 37.3 Å². The van der Waals surface area contributed by atoms with E-state index in [0.29, 0.717) is 17.2 Å². The summed E-state index contributed by atoms with van der Waals surface area (Å²) in [5, 5.41) is 6.33. The van der Waals surface area contributed by atoms with Crippen molar-refractivity contribution in [2.75, 3.05) is 11.9 Å². The molecule has 0 saturated carbocycles. The lowest BCUT2D eigenvalue weighted by Crippen LogP contribution is -2.17. The summed E-state index contributed by atoms with van der Waals surface area (Å²) < 4.78 is 13.4. The van der Waals surface area contributed by atoms with E-state index in [1.165, 1.54) is 17.8 Å². The van der Waals surface area contributed by atoms with Crippen molar-refractivity contribution < 1.29 is 14.0 Å². The second-order valence-electron chi connectivity index (χ2n) is 5.51. The molecule has 1 atom stereocenters. The highest BCUT2D eigenvalue weighted by Gasteiger charge is 2.05. The first-order valence-electron chi connectivity index (χ1n) is 7.89. The molecule has 0 aliphatic heterocycles. The molecule has 0 heterocycles. The predicted molar refractivity (Wildman–Crippen MR) is 93.7 cm³/mol. The lowest BCUT2D eigenvalue weighted by atomic mass is 9.99. The quantitative estimate of drug-likeness (QED) is 0.607. The van der Waals surface area contributed by atoms with Gasteiger partial charge in [0.1, 0.15) is 5.82 Å². The molecule has 2 aromatic carbocycles. The number of carbonyl (C=O) groups excluding carboxylic acids is 1. The van der Waals surface area contributed by atoms with E-state index in [2.05, 4.69) is 24.3 Å². The summed E-state index contributed by atoms with van der Waals surface area (Å²) in [6.45, 7) is 4.06. The van der Waals surface area contributed by atoms with Crippen LogP contribution < -0.4 is 5.32 Å². The Bertz CT molecular complexity index is 699. The number of hydrogen-bond donors (Lipinski definition) is 1. The lowest BCUT2D eigenvalue weighted by molar-refractivity contribution is -0.120. The third-order valence-corrected chi connectivity index (χ3v) is 3.74. The molecule has 5 heteroatoms. The average Bonchev–Trinajstić information content (AvgIpc) is 2.60. The molecule has 1 amide bonds. The number of oxime groups is 1. The minimum Gasteiger partial charge on any atom is -0.386 e. The fraction of sp³-hybridized carbons (Fsp3) is 0.263. The van der Waals surface area contributed by atoms with E-state index in [4.69, 9.17) is 4.84 Å². The van der Waals surface area contributed by atoms with E-state index in [-0.39, 0.29) is 12.5 Å². The van der Waals surface area contributed by atoms with Crippen LogP contribution in [0.4, 0.5) is 10.1 Å². The number of rotatable bonds is 7. The van der Waals surface area contributed by atoms with Crippen molar-refractivity contribution in [2.24, 2.45) is 5.16 Å². The van der Waals surface area contributed by atoms with Crippen LogP contribution in [0.25, 0.3) is 0 Å². The highest BCUT2D eigenvalue weighted by Crippen LogP contribution is 2.20. The van der Waals surface area contributed by atoms with Crippen LogP contribution in [0, 0.1) is 5.82 Å². The van der Waals surface area contributed by atoms with Crippen molar-refractivity contribution in [3.8, 4) is 0 Å². The Kier molecular flexibility index (Phi) is 6.49. The summed E-state index contributed by atoms with van der Waals surface area (Å²) in [5.41, 5.74) is 2.24. The zero-order valence-corrected chi connectivity index (χ0v) is 13.8. The largest absolute Gasteiger partial charge is 0.386 e. The maximum Gasteiger partial charge on any atom is 0.265 e. The van der Waals surface area contributed by atoms with Crippen LogP contribution in [-0.4, -0.2) is 18.7 Å². The van der Waals surface area contributed by atoms with Crippen molar-refractivity contribution in [2.45, 2.75) is 26.2 Å². The molecule has 0 unspecified atom stereocenters. The Labute approximate surface area is 141 Å². The van der Waals surface area contributed by atoms with Gasteiger partial charge < -0.3 is 10.2 Å². The molecule has 0 aromatic heterocycles. The van der Waals surface area contributed by atoms with Crippen molar-refractivity contribution in [3.05, 3.63) is 65.5 Å². The number of benzene rings is 2. The molecular weight excluding hydrogens is 307 g/mol. The smallest absolute Gasteiger partial charge is 0.265 e. The highest BCUT2D eigenvalue weighted by atomic mass is 19.1. The van der Waals surface area contributed by atoms with E-state index in [1.807, 2.05) is 24.3 Å². The topological polar surface area (TPSA) is 50.7 Å². The number of hydrogen-bond acceptors (Lipinski definition) is 3. The lowest BCUT2D eigenvalue weighted by Gasteiger charge is -2.10. The zero-order valence-electron chi connectivity index (χ0n) is 13.8. The summed E-state index contributed by atoms with van der Waals surface area (Å²) in [4.78, 5) is 16.7. The molecule has 24 heavy (non-hydrogen) atoms. The van der Waals surface area contributed by atoms with Crippen LogP contribution >= 0.6 is 0 Å². The van der Waals surface area contributed by atoms with Gasteiger partial charge in [-0.05, 0) is 36.1 Å². The summed E-state index contributed by atoms with van der Waals surface area (Å²) in [5.74, 6) is -0.224. The SMILES string of the molecule is CC[C@H](C)c1ccc(NC(=O)CO/N=C\c2ccccc2F)cc1. The van der Waals surface area contributed by atoms with Gasteiger partial charge in [-0.2, -0.15) is 0 Å². The molecule has 1 N–H and O–H groups in total. The summed E-state index contributed by atoms with van der Waals surface area (Å²) in [7, 11) is 0. The number of anilines is 1. The molecule has 2 aromatic rings. The van der Waals surface area contributed by atoms with Gasteiger partial charge >= 0.3 is 0 Å². The highest BCUT2D eigenvalue weighted by molar-refractivity contribution is 5.91. The maximum atomic E-state index is 13.4. The second-order valence-corrected chi connectivity index (χ2v) is 5.51. The van der Waals surface area contributed by atoms with Gasteiger partial charge in [0, 0.05) is 11.3 Å². The molecule has 0 spiro atoms. The van der Waals surface area contributed by atoms with E-state index in [0.717, 1.165) is 6.42 Å². The molecule has 0 aliphatic carbocycles. The van der Waals surface area contributed by atoms with Crippen molar-refractivity contribution in [1.82, 2.24) is 0 Å². The van der Waals surface area contributed by atoms with Crippen LogP contribution in [-0.2, 0) is 9.63 Å². The molecule has 126 valence electrons. The molecule has 0 aliphatic rings. The fourth-order valence-corrected chi connectivity index (χ4v) is 2.10. The summed E-state index contributed by atoms with van der Waals surface area (Å²) >= 11 is 0. The van der Waals surface area contributed by atoms with Gasteiger partial charge in [0.05, 0.1) is 6.21 Å². The monoisotopic (exact) mass is 328 g/mol. The van der Waals surface area contributed by atoms with Gasteiger partial charge in [-0.3, -0.25) is 4.79 Å². The fourth-order valence-electron chi connectivity index (χ4n) is 2.10. The van der Waals surface area contributed by atoms with Gasteiger partial charge in [-0.1, -0.05) is 49.3 Å². The Morgan fingerprint density at radius 2 is 1.96 bits per heavy atom. The van der Waals surface area contributed by atoms with E-state index in [9.17, 15) is 9.18 Å². The maximum absolute atomic E-state index is 13.4. The second kappa shape index (κ2) is 8.82. The molecule has 2 rings (SSSR count). The first-order valence-corrected chi connectivity index (χ1v) is 7.89. The Balaban J connectivity index is 1.80. The summed E-state index contributed by atoms with van der Waals surface area (Å²) in [6.07, 6.45) is 2.31. The minimum absolute atomic E-state index is 0.238. The normalized spacial score (nSPS) is 12.1. The zero-order chi connectivity index (χ0) is 17.4. The number of carbonyl (C=O) groups is 1. The van der Waals surface area contributed by atoms with Crippen molar-refractivity contribution in [1.29, 1.82) is 0 Å². The average molecular weight is 328 g/mol. The van der Waals surface area contributed by atoms with E-state index in [1.54, 1.807) is 18.2 Å². The third-order valence-electron chi connectivity index (χ3n) is 3.74. The first-order chi connectivity index (χ1) is 11.6. The summed E-state index contributed by atoms with van der Waals surface area (Å²) in [6, 6.07) is 13.9. The molecular formula is C19H21FN2O2. The van der Waals surface area contributed by atoms with Gasteiger partial charge in [0.15, 0.2) is 6.61 Å². The number of nitrogens with zero attached hydrogens (tertiary/aromatic N) is 1. The van der Waals surface area contributed by atoms with Crippen LogP contribution in [0.3, 0.4) is 0 Å². The third kappa shape index (κ3) is 5.19. The molecule has 0 bridgehead atoms. The van der Waals surface area contributed by atoms with Crippen molar-refractivity contribution in [3.63, 3.8) is 0 Å². The van der Waals surface area contributed by atoms with Crippen molar-refractivity contribution >= 4 is 17.8 Å². The molecule has 4 nitrogen and oxygen atoms in total. The molecule has 0 radical (unpaired) electrons. The van der Waals surface area contributed by atoms with Gasteiger partial charge in [-0.25, -0.2) is 4.39 Å². The van der Waals surface area contributed by atoms with Gasteiger partial charge in [0.25, 0.3) is 5.91 Å². The van der Waals surface area contributed by atoms with Crippen LogP contribution in [0.2, 0.25) is 0 Å². The molecule has 0 fully saturated rings. The standard InChI is InChI=1S/C19H21FN2O2/c1-3-14(2)15-8-10-17(11-9-15)22-19(23)13-24-21-12-16-6-4-5-7-18(16)20/h4-12,14H,3,13H2,1-2H3,(H,22,23)/b21-12-/t14-/m0/s1. The first kappa shape index (κ1) is 17.7. The van der Waals surface area contributed by atoms with E-state index < -0.39 is 5.82 Å². The Morgan fingerprint density at radius 1 is 1.25 bits per heavy atom. The number of halogens is 1. The van der Waals surface area contributed by atoms with Crippen LogP contribution in [0.15, 0.2) is 53.7 Å². The van der Waals surface area contributed by atoms with Gasteiger partial charge in [-0.15, -0.1) is 0 Å². The number of amides is 1. The Morgan fingerprint density at radius 3 is 2.62 bits per heavy atom. The minimum atomic E-state index is -0.393. The van der Waals surface area contributed by atoms with Crippen LogP contribution in [0.5, 0.6) is 0 Å². The number of nitrogens with one attached hydrogen (secondary N) is 1. The predicted octanol–water partition coefficient (Wildman–Crippen LogP) is 4.33. The molecule has 0 saturated heterocycles. The Hall–Kier alpha value is -2.69.